The van der Waals surface area contributed by atoms with Crippen molar-refractivity contribution in [2.45, 2.75) is 30.0 Å². The second-order valence-corrected chi connectivity index (χ2v) is 8.30. The van der Waals surface area contributed by atoms with E-state index in [0.717, 1.165) is 0 Å². The summed E-state index contributed by atoms with van der Waals surface area (Å²) in [4.78, 5) is 12.6. The van der Waals surface area contributed by atoms with Gasteiger partial charge in [0, 0.05) is 17.6 Å². The van der Waals surface area contributed by atoms with Crippen molar-refractivity contribution in [2.24, 2.45) is 5.73 Å². The van der Waals surface area contributed by atoms with Gasteiger partial charge in [-0.2, -0.15) is 0 Å². The fourth-order valence-electron chi connectivity index (χ4n) is 2.16. The summed E-state index contributed by atoms with van der Waals surface area (Å²) in [7, 11) is -3.45. The summed E-state index contributed by atoms with van der Waals surface area (Å²) in [5.41, 5.74) is 6.07. The van der Waals surface area contributed by atoms with Gasteiger partial charge in [-0.3, -0.25) is 4.79 Å². The summed E-state index contributed by atoms with van der Waals surface area (Å²) in [5, 5.41) is 2.83. The van der Waals surface area contributed by atoms with E-state index in [1.807, 2.05) is 13.8 Å². The second-order valence-electron chi connectivity index (χ2n) is 6.31. The van der Waals surface area contributed by atoms with Crippen LogP contribution in [0.25, 0.3) is 0 Å². The van der Waals surface area contributed by atoms with E-state index in [0.29, 0.717) is 17.7 Å². The summed E-state index contributed by atoms with van der Waals surface area (Å²) >= 11 is 0. The molecule has 0 aliphatic heterocycles. The monoisotopic (exact) mass is 346 g/mol. The molecule has 2 aromatic rings. The molecule has 24 heavy (non-hydrogen) atoms. The number of nitrogens with one attached hydrogen (secondary N) is 1. The number of carbonyl (C=O) groups excluding carboxylic acids is 1. The smallest absolute Gasteiger partial charge is 0.251 e. The van der Waals surface area contributed by atoms with Gasteiger partial charge in [0.05, 0.1) is 10.6 Å². The summed E-state index contributed by atoms with van der Waals surface area (Å²) in [6.45, 7) is 3.96. The molecule has 2 rings (SSSR count). The highest BCUT2D eigenvalue weighted by Gasteiger charge is 2.20. The molecule has 0 bridgehead atoms. The lowest BCUT2D eigenvalue weighted by molar-refractivity contribution is 0.0915. The third-order valence-electron chi connectivity index (χ3n) is 3.61. The Morgan fingerprint density at radius 3 is 2.38 bits per heavy atom. The Kier molecular flexibility index (Phi) is 5.41. The number of rotatable bonds is 6. The van der Waals surface area contributed by atoms with Gasteiger partial charge in [0.2, 0.25) is 0 Å². The van der Waals surface area contributed by atoms with Gasteiger partial charge in [-0.05, 0) is 43.7 Å². The number of nitrogens with two attached hydrogens (primary N) is 1. The van der Waals surface area contributed by atoms with Gasteiger partial charge >= 0.3 is 0 Å². The third-order valence-corrected chi connectivity index (χ3v) is 5.31. The fourth-order valence-corrected chi connectivity index (χ4v) is 3.52. The molecule has 0 aliphatic carbocycles. The molecular formula is C18H22N2O3S. The molecule has 128 valence electrons. The summed E-state index contributed by atoms with van der Waals surface area (Å²) in [6.07, 6.45) is 0. The molecule has 5 nitrogen and oxygen atoms in total. The Morgan fingerprint density at radius 2 is 1.75 bits per heavy atom. The van der Waals surface area contributed by atoms with Gasteiger partial charge in [0.15, 0.2) is 9.84 Å². The molecule has 0 atom stereocenters. The van der Waals surface area contributed by atoms with Crippen LogP contribution in [-0.4, -0.2) is 26.4 Å². The molecule has 3 N–H and O–H groups in total. The van der Waals surface area contributed by atoms with Crippen LogP contribution in [-0.2, 0) is 15.6 Å². The maximum Gasteiger partial charge on any atom is 0.251 e. The molecule has 6 heteroatoms. The number of hydrogen-bond acceptors (Lipinski definition) is 4. The zero-order chi connectivity index (χ0) is 17.8. The highest BCUT2D eigenvalue weighted by molar-refractivity contribution is 7.90. The van der Waals surface area contributed by atoms with E-state index >= 15 is 0 Å². The molecule has 0 spiro atoms. The zero-order valence-electron chi connectivity index (χ0n) is 13.8. The summed E-state index contributed by atoms with van der Waals surface area (Å²) in [5.74, 6) is -0.428. The number of benzene rings is 2. The lowest BCUT2D eigenvalue weighted by Gasteiger charge is -2.24. The molecule has 0 aromatic heterocycles. The van der Waals surface area contributed by atoms with Crippen LogP contribution < -0.4 is 11.1 Å². The predicted molar refractivity (Wildman–Crippen MR) is 94.4 cm³/mol. The Balaban J connectivity index is 2.21. The molecule has 0 saturated heterocycles. The predicted octanol–water partition coefficient (Wildman–Crippen LogP) is 2.13. The normalized spacial score (nSPS) is 12.0. The van der Waals surface area contributed by atoms with Gasteiger partial charge in [0.25, 0.3) is 5.91 Å². The van der Waals surface area contributed by atoms with Gasteiger partial charge in [-0.1, -0.05) is 30.3 Å². The molecule has 0 fully saturated rings. The zero-order valence-corrected chi connectivity index (χ0v) is 14.6. The van der Waals surface area contributed by atoms with E-state index in [9.17, 15) is 13.2 Å². The Bertz CT molecular complexity index is 815. The Labute approximate surface area is 142 Å². The molecule has 2 aromatic carbocycles. The molecule has 1 amide bonds. The maximum absolute atomic E-state index is 12.4. The first-order valence-electron chi connectivity index (χ1n) is 7.63. The molecular weight excluding hydrogens is 324 g/mol. The lowest BCUT2D eigenvalue weighted by Crippen LogP contribution is -2.48. The Morgan fingerprint density at radius 1 is 1.08 bits per heavy atom. The molecule has 0 heterocycles. The molecule has 0 aliphatic rings. The van der Waals surface area contributed by atoms with Crippen molar-refractivity contribution in [1.82, 2.24) is 5.32 Å². The van der Waals surface area contributed by atoms with Crippen LogP contribution in [0.5, 0.6) is 0 Å². The largest absolute Gasteiger partial charge is 0.346 e. The number of hydrogen-bond donors (Lipinski definition) is 2. The molecule has 0 saturated carbocycles. The van der Waals surface area contributed by atoms with Gasteiger partial charge in [-0.25, -0.2) is 8.42 Å². The quantitative estimate of drug-likeness (QED) is 0.838. The van der Waals surface area contributed by atoms with Crippen molar-refractivity contribution in [2.75, 3.05) is 6.54 Å². The Hall–Kier alpha value is -2.18. The van der Waals surface area contributed by atoms with Crippen molar-refractivity contribution in [3.8, 4) is 0 Å². The van der Waals surface area contributed by atoms with Crippen LogP contribution >= 0.6 is 0 Å². The number of amides is 1. The number of sulfone groups is 1. The van der Waals surface area contributed by atoms with Gasteiger partial charge < -0.3 is 11.1 Å². The topological polar surface area (TPSA) is 89.3 Å². The minimum absolute atomic E-state index is 0.154. The van der Waals surface area contributed by atoms with Crippen molar-refractivity contribution in [1.29, 1.82) is 0 Å². The van der Waals surface area contributed by atoms with Crippen LogP contribution in [0.15, 0.2) is 59.5 Å². The van der Waals surface area contributed by atoms with Crippen molar-refractivity contribution in [3.63, 3.8) is 0 Å². The molecule has 0 unspecified atom stereocenters. The van der Waals surface area contributed by atoms with Crippen LogP contribution in [0, 0.1) is 0 Å². The minimum Gasteiger partial charge on any atom is -0.346 e. The summed E-state index contributed by atoms with van der Waals surface area (Å²) < 4.78 is 24.9. The first-order valence-corrected chi connectivity index (χ1v) is 9.28. The average molecular weight is 346 g/mol. The SMILES string of the molecule is CC(C)(CN)NC(=O)c1cccc(CS(=O)(=O)c2ccccc2)c1. The first kappa shape index (κ1) is 18.2. The van der Waals surface area contributed by atoms with Crippen LogP contribution in [0.2, 0.25) is 0 Å². The van der Waals surface area contributed by atoms with E-state index in [-0.39, 0.29) is 16.6 Å². The maximum atomic E-state index is 12.4. The lowest BCUT2D eigenvalue weighted by atomic mass is 10.0. The van der Waals surface area contributed by atoms with Crippen LogP contribution in [0.1, 0.15) is 29.8 Å². The highest BCUT2D eigenvalue weighted by Crippen LogP contribution is 2.17. The highest BCUT2D eigenvalue weighted by atomic mass is 32.2. The van der Waals surface area contributed by atoms with E-state index < -0.39 is 15.4 Å². The summed E-state index contributed by atoms with van der Waals surface area (Å²) in [6, 6.07) is 14.9. The van der Waals surface area contributed by atoms with Crippen molar-refractivity contribution < 1.29 is 13.2 Å². The van der Waals surface area contributed by atoms with Crippen molar-refractivity contribution >= 4 is 15.7 Å². The number of carbonyl (C=O) groups is 1. The standard InChI is InChI=1S/C18H22N2O3S/c1-18(2,13-19)20-17(21)15-8-6-7-14(11-15)12-24(22,23)16-9-4-3-5-10-16/h3-11H,12-13,19H2,1-2H3,(H,20,21). The van der Waals surface area contributed by atoms with E-state index in [1.54, 1.807) is 54.6 Å². The van der Waals surface area contributed by atoms with Gasteiger partial charge in [0.1, 0.15) is 0 Å². The molecule has 0 radical (unpaired) electrons. The van der Waals surface area contributed by atoms with Gasteiger partial charge in [-0.15, -0.1) is 0 Å². The van der Waals surface area contributed by atoms with Crippen LogP contribution in [0.3, 0.4) is 0 Å². The van der Waals surface area contributed by atoms with Crippen LogP contribution in [0.4, 0.5) is 0 Å². The average Bonchev–Trinajstić information content (AvgIpc) is 2.55. The van der Waals surface area contributed by atoms with E-state index in [4.69, 9.17) is 5.73 Å². The third kappa shape index (κ3) is 4.66. The second kappa shape index (κ2) is 7.15. The van der Waals surface area contributed by atoms with E-state index in [1.165, 1.54) is 0 Å². The fraction of sp³-hybridized carbons (Fsp3) is 0.278. The first-order chi connectivity index (χ1) is 11.2. The van der Waals surface area contributed by atoms with E-state index in [2.05, 4.69) is 5.32 Å². The minimum atomic E-state index is -3.45. The van der Waals surface area contributed by atoms with Crippen molar-refractivity contribution in [3.05, 3.63) is 65.7 Å².